The van der Waals surface area contributed by atoms with Gasteiger partial charge in [-0.3, -0.25) is 9.59 Å². The van der Waals surface area contributed by atoms with Crippen LogP contribution >= 0.6 is 0 Å². The molecule has 0 unspecified atom stereocenters. The molecule has 1 aromatic rings. The Morgan fingerprint density at radius 3 is 2.46 bits per heavy atom. The lowest BCUT2D eigenvalue weighted by atomic mass is 9.84. The third-order valence-electron chi connectivity index (χ3n) is 5.56. The summed E-state index contributed by atoms with van der Waals surface area (Å²) in [5.41, 5.74) is 0.664. The Balaban J connectivity index is 1.62. The van der Waals surface area contributed by atoms with Gasteiger partial charge in [0.1, 0.15) is 6.04 Å². The van der Waals surface area contributed by atoms with E-state index in [0.29, 0.717) is 18.0 Å². The Hall–Kier alpha value is -1.84. The van der Waals surface area contributed by atoms with Crippen LogP contribution < -0.4 is 5.32 Å². The minimum atomic E-state index is -0.316. The van der Waals surface area contributed by atoms with Crippen LogP contribution in [0.25, 0.3) is 0 Å². The van der Waals surface area contributed by atoms with Gasteiger partial charge in [0.15, 0.2) is 0 Å². The molecule has 2 aliphatic rings. The first kappa shape index (κ1) is 17.0. The summed E-state index contributed by atoms with van der Waals surface area (Å²) in [6.45, 7) is 2.79. The maximum Gasteiger partial charge on any atom is 0.254 e. The van der Waals surface area contributed by atoms with Gasteiger partial charge in [0.25, 0.3) is 5.91 Å². The molecule has 1 heterocycles. The fourth-order valence-corrected chi connectivity index (χ4v) is 4.10. The normalized spacial score (nSPS) is 23.0. The molecule has 130 valence electrons. The van der Waals surface area contributed by atoms with E-state index in [1.54, 1.807) is 4.90 Å². The number of rotatable bonds is 4. The van der Waals surface area contributed by atoms with Gasteiger partial charge in [0, 0.05) is 18.2 Å². The van der Waals surface area contributed by atoms with Gasteiger partial charge in [0.05, 0.1) is 0 Å². The SMILES string of the molecule is C[C@@H](NC(=O)[C@@H]1CCCN1C(=O)c1ccccc1)C1CCCCC1. The zero-order chi connectivity index (χ0) is 16.9. The molecule has 1 saturated heterocycles. The number of hydrogen-bond acceptors (Lipinski definition) is 2. The average molecular weight is 328 g/mol. The zero-order valence-corrected chi connectivity index (χ0v) is 14.5. The van der Waals surface area contributed by atoms with Crippen molar-refractivity contribution in [2.45, 2.75) is 64.0 Å². The quantitative estimate of drug-likeness (QED) is 0.921. The first-order chi connectivity index (χ1) is 11.7. The first-order valence-electron chi connectivity index (χ1n) is 9.33. The summed E-state index contributed by atoms with van der Waals surface area (Å²) < 4.78 is 0. The van der Waals surface area contributed by atoms with Gasteiger partial charge in [-0.2, -0.15) is 0 Å². The summed E-state index contributed by atoms with van der Waals surface area (Å²) in [7, 11) is 0. The summed E-state index contributed by atoms with van der Waals surface area (Å²) >= 11 is 0. The van der Waals surface area contributed by atoms with E-state index in [1.807, 2.05) is 30.3 Å². The molecule has 24 heavy (non-hydrogen) atoms. The van der Waals surface area contributed by atoms with Gasteiger partial charge in [-0.15, -0.1) is 0 Å². The van der Waals surface area contributed by atoms with Gasteiger partial charge in [-0.1, -0.05) is 37.5 Å². The summed E-state index contributed by atoms with van der Waals surface area (Å²) in [4.78, 5) is 27.2. The van der Waals surface area contributed by atoms with Crippen molar-refractivity contribution in [3.63, 3.8) is 0 Å². The van der Waals surface area contributed by atoms with E-state index < -0.39 is 0 Å². The largest absolute Gasteiger partial charge is 0.352 e. The molecule has 3 rings (SSSR count). The van der Waals surface area contributed by atoms with Crippen LogP contribution in [0.3, 0.4) is 0 Å². The van der Waals surface area contributed by atoms with E-state index in [2.05, 4.69) is 12.2 Å². The number of amides is 2. The average Bonchev–Trinajstić information content (AvgIpc) is 3.12. The van der Waals surface area contributed by atoms with Crippen LogP contribution in [0, 0.1) is 5.92 Å². The van der Waals surface area contributed by atoms with E-state index in [1.165, 1.54) is 32.1 Å². The summed E-state index contributed by atoms with van der Waals surface area (Å²) in [5, 5.41) is 3.20. The van der Waals surface area contributed by atoms with Crippen LogP contribution in [-0.4, -0.2) is 35.3 Å². The van der Waals surface area contributed by atoms with Crippen molar-refractivity contribution >= 4 is 11.8 Å². The van der Waals surface area contributed by atoms with Crippen molar-refractivity contribution in [3.8, 4) is 0 Å². The lowest BCUT2D eigenvalue weighted by Gasteiger charge is -2.31. The number of nitrogens with one attached hydrogen (secondary N) is 1. The van der Waals surface area contributed by atoms with Crippen LogP contribution in [0.1, 0.15) is 62.2 Å². The molecule has 0 aromatic heterocycles. The van der Waals surface area contributed by atoms with Crippen molar-refractivity contribution < 1.29 is 9.59 Å². The molecule has 0 spiro atoms. The molecule has 4 nitrogen and oxygen atoms in total. The number of carbonyl (C=O) groups is 2. The lowest BCUT2D eigenvalue weighted by Crippen LogP contribution is -2.50. The molecule has 1 saturated carbocycles. The van der Waals surface area contributed by atoms with Gasteiger partial charge in [0.2, 0.25) is 5.91 Å². The van der Waals surface area contributed by atoms with E-state index in [0.717, 1.165) is 12.8 Å². The Morgan fingerprint density at radius 1 is 1.04 bits per heavy atom. The third-order valence-corrected chi connectivity index (χ3v) is 5.56. The number of likely N-dealkylation sites (tertiary alicyclic amines) is 1. The summed E-state index contributed by atoms with van der Waals surface area (Å²) in [6.07, 6.45) is 7.94. The topological polar surface area (TPSA) is 49.4 Å². The second-order valence-electron chi connectivity index (χ2n) is 7.22. The maximum absolute atomic E-state index is 12.7. The van der Waals surface area contributed by atoms with Crippen molar-refractivity contribution in [2.75, 3.05) is 6.54 Å². The number of hydrogen-bond donors (Lipinski definition) is 1. The highest BCUT2D eigenvalue weighted by Crippen LogP contribution is 2.27. The van der Waals surface area contributed by atoms with Crippen LogP contribution in [0.4, 0.5) is 0 Å². The van der Waals surface area contributed by atoms with Gasteiger partial charge in [-0.05, 0) is 50.7 Å². The monoisotopic (exact) mass is 328 g/mol. The van der Waals surface area contributed by atoms with E-state index in [9.17, 15) is 9.59 Å². The predicted octanol–water partition coefficient (Wildman–Crippen LogP) is 3.38. The minimum Gasteiger partial charge on any atom is -0.352 e. The van der Waals surface area contributed by atoms with Crippen molar-refractivity contribution in [1.29, 1.82) is 0 Å². The highest BCUT2D eigenvalue weighted by molar-refractivity contribution is 5.97. The lowest BCUT2D eigenvalue weighted by molar-refractivity contribution is -0.125. The standard InChI is InChI=1S/C20H28N2O2/c1-15(16-9-4-2-5-10-16)21-19(23)18-13-8-14-22(18)20(24)17-11-6-3-7-12-17/h3,6-7,11-12,15-16,18H,2,4-5,8-10,13-14H2,1H3,(H,21,23)/t15-,18+/m1/s1. The van der Waals surface area contributed by atoms with Crippen molar-refractivity contribution in [1.82, 2.24) is 10.2 Å². The maximum atomic E-state index is 12.7. The summed E-state index contributed by atoms with van der Waals surface area (Å²) in [5.74, 6) is 0.579. The number of carbonyl (C=O) groups excluding carboxylic acids is 2. The van der Waals surface area contributed by atoms with Crippen LogP contribution in [-0.2, 0) is 4.79 Å². The van der Waals surface area contributed by atoms with E-state index in [4.69, 9.17) is 0 Å². The fourth-order valence-electron chi connectivity index (χ4n) is 4.10. The van der Waals surface area contributed by atoms with Crippen LogP contribution in [0.5, 0.6) is 0 Å². The molecule has 0 radical (unpaired) electrons. The highest BCUT2D eigenvalue weighted by atomic mass is 16.2. The zero-order valence-electron chi connectivity index (χ0n) is 14.5. The Labute approximate surface area is 144 Å². The third kappa shape index (κ3) is 3.80. The summed E-state index contributed by atoms with van der Waals surface area (Å²) in [6, 6.07) is 9.15. The Kier molecular flexibility index (Phi) is 5.54. The van der Waals surface area contributed by atoms with E-state index >= 15 is 0 Å². The molecule has 1 N–H and O–H groups in total. The Bertz CT molecular complexity index is 566. The van der Waals surface area contributed by atoms with Crippen molar-refractivity contribution in [3.05, 3.63) is 35.9 Å². The second kappa shape index (κ2) is 7.82. The predicted molar refractivity (Wildman–Crippen MR) is 94.7 cm³/mol. The molecule has 1 aromatic carbocycles. The molecule has 4 heteroatoms. The molecule has 2 atom stereocenters. The molecule has 1 aliphatic carbocycles. The molecule has 0 bridgehead atoms. The fraction of sp³-hybridized carbons (Fsp3) is 0.600. The first-order valence-corrected chi connectivity index (χ1v) is 9.33. The minimum absolute atomic E-state index is 0.0230. The van der Waals surface area contributed by atoms with E-state index in [-0.39, 0.29) is 23.9 Å². The van der Waals surface area contributed by atoms with Gasteiger partial charge >= 0.3 is 0 Å². The van der Waals surface area contributed by atoms with Gasteiger partial charge < -0.3 is 10.2 Å². The highest BCUT2D eigenvalue weighted by Gasteiger charge is 2.35. The van der Waals surface area contributed by atoms with Crippen LogP contribution in [0.15, 0.2) is 30.3 Å². The van der Waals surface area contributed by atoms with Crippen LogP contribution in [0.2, 0.25) is 0 Å². The van der Waals surface area contributed by atoms with Gasteiger partial charge in [-0.25, -0.2) is 0 Å². The molecule has 2 amide bonds. The smallest absolute Gasteiger partial charge is 0.254 e. The van der Waals surface area contributed by atoms with Crippen molar-refractivity contribution in [2.24, 2.45) is 5.92 Å². The molecule has 1 aliphatic heterocycles. The number of benzene rings is 1. The Morgan fingerprint density at radius 2 is 1.75 bits per heavy atom. The second-order valence-corrected chi connectivity index (χ2v) is 7.22. The molecular formula is C20H28N2O2. The number of nitrogens with zero attached hydrogens (tertiary/aromatic N) is 1. The molecule has 2 fully saturated rings. The molecular weight excluding hydrogens is 300 g/mol.